The zero-order chi connectivity index (χ0) is 14.7. The zero-order valence-electron chi connectivity index (χ0n) is 12.3. The van der Waals surface area contributed by atoms with E-state index in [1.807, 2.05) is 24.3 Å². The van der Waals surface area contributed by atoms with Crippen molar-refractivity contribution < 1.29 is 14.6 Å². The van der Waals surface area contributed by atoms with Crippen molar-refractivity contribution in [3.05, 3.63) is 29.8 Å². The van der Waals surface area contributed by atoms with Gasteiger partial charge >= 0.3 is 0 Å². The molecule has 2 aliphatic rings. The molecule has 1 aliphatic heterocycles. The van der Waals surface area contributed by atoms with E-state index < -0.39 is 6.10 Å². The minimum atomic E-state index is -0.404. The molecular weight excluding hydrogens is 266 g/mol. The van der Waals surface area contributed by atoms with E-state index >= 15 is 0 Å². The Bertz CT molecular complexity index is 478. The molecule has 1 heterocycles. The smallest absolute Gasteiger partial charge is 0.261 e. The van der Waals surface area contributed by atoms with Crippen LogP contribution in [0.4, 0.5) is 0 Å². The second-order valence-electron chi connectivity index (χ2n) is 6.15. The average Bonchev–Trinajstić information content (AvgIpc) is 2.97. The Balaban J connectivity index is 1.51. The molecule has 114 valence electrons. The number of fused-ring (bicyclic) bond motifs is 1. The quantitative estimate of drug-likeness (QED) is 0.890. The lowest BCUT2D eigenvalue weighted by Crippen LogP contribution is -2.42. The Morgan fingerprint density at radius 1 is 1.24 bits per heavy atom. The third kappa shape index (κ3) is 3.21. The molecule has 3 atom stereocenters. The highest BCUT2D eigenvalue weighted by Crippen LogP contribution is 2.30. The van der Waals surface area contributed by atoms with Gasteiger partial charge in [0.25, 0.3) is 5.91 Å². The van der Waals surface area contributed by atoms with E-state index in [-0.39, 0.29) is 12.5 Å². The molecular formula is C17H23NO3. The molecule has 1 saturated carbocycles. The van der Waals surface area contributed by atoms with Gasteiger partial charge < -0.3 is 15.2 Å². The van der Waals surface area contributed by atoms with Crippen LogP contribution in [0.2, 0.25) is 0 Å². The summed E-state index contributed by atoms with van der Waals surface area (Å²) in [5.74, 6) is 1.52. The lowest BCUT2D eigenvalue weighted by Gasteiger charge is -2.30. The Labute approximate surface area is 125 Å². The van der Waals surface area contributed by atoms with Crippen LogP contribution >= 0.6 is 0 Å². The molecule has 1 aliphatic carbocycles. The van der Waals surface area contributed by atoms with Crippen LogP contribution in [0.15, 0.2) is 24.3 Å². The molecule has 1 fully saturated rings. The molecule has 1 amide bonds. The molecule has 3 unspecified atom stereocenters. The normalized spacial score (nSPS) is 27.8. The van der Waals surface area contributed by atoms with Gasteiger partial charge in [-0.3, -0.25) is 4.79 Å². The zero-order valence-corrected chi connectivity index (χ0v) is 12.3. The van der Waals surface area contributed by atoms with Crippen LogP contribution in [0.25, 0.3) is 0 Å². The second kappa shape index (κ2) is 6.48. The molecule has 4 heteroatoms. The summed E-state index contributed by atoms with van der Waals surface area (Å²) in [6.07, 6.45) is 4.80. The van der Waals surface area contributed by atoms with Gasteiger partial charge in [-0.25, -0.2) is 0 Å². The van der Waals surface area contributed by atoms with Crippen LogP contribution in [0.1, 0.15) is 31.2 Å². The summed E-state index contributed by atoms with van der Waals surface area (Å²) in [7, 11) is 0. The fourth-order valence-corrected chi connectivity index (χ4v) is 3.47. The molecule has 21 heavy (non-hydrogen) atoms. The maximum absolute atomic E-state index is 12.3. The molecule has 0 saturated heterocycles. The molecule has 3 rings (SSSR count). The van der Waals surface area contributed by atoms with E-state index in [4.69, 9.17) is 4.74 Å². The number of hydrogen-bond donors (Lipinski definition) is 2. The Hall–Kier alpha value is -1.55. The summed E-state index contributed by atoms with van der Waals surface area (Å²) in [6.45, 7) is 0.881. The number of carbonyl (C=O) groups is 1. The van der Waals surface area contributed by atoms with Gasteiger partial charge in [-0.2, -0.15) is 0 Å². The average molecular weight is 289 g/mol. The first-order chi connectivity index (χ1) is 10.3. The molecule has 4 nitrogen and oxygen atoms in total. The van der Waals surface area contributed by atoms with Crippen LogP contribution in [-0.2, 0) is 11.2 Å². The summed E-state index contributed by atoms with van der Waals surface area (Å²) in [4.78, 5) is 12.3. The SMILES string of the molecule is O=C(NCC1CCCCC1CO)C1Cc2ccccc2O1. The fourth-order valence-electron chi connectivity index (χ4n) is 3.47. The predicted octanol–water partition coefficient (Wildman–Crippen LogP) is 1.90. The molecule has 0 spiro atoms. The summed E-state index contributed by atoms with van der Waals surface area (Å²) < 4.78 is 5.70. The fraction of sp³-hybridized carbons (Fsp3) is 0.588. The third-order valence-electron chi connectivity index (χ3n) is 4.78. The number of benzene rings is 1. The predicted molar refractivity (Wildman–Crippen MR) is 80.1 cm³/mol. The van der Waals surface area contributed by atoms with E-state index in [1.165, 1.54) is 12.8 Å². The van der Waals surface area contributed by atoms with Crippen LogP contribution in [-0.4, -0.2) is 30.3 Å². The van der Waals surface area contributed by atoms with Crippen molar-refractivity contribution in [2.45, 2.75) is 38.2 Å². The second-order valence-corrected chi connectivity index (χ2v) is 6.15. The largest absolute Gasteiger partial charge is 0.480 e. The van der Waals surface area contributed by atoms with E-state index in [2.05, 4.69) is 5.32 Å². The van der Waals surface area contributed by atoms with Gasteiger partial charge in [0.1, 0.15) is 5.75 Å². The first-order valence-corrected chi connectivity index (χ1v) is 7.91. The van der Waals surface area contributed by atoms with Crippen molar-refractivity contribution in [1.29, 1.82) is 0 Å². The number of amides is 1. The Morgan fingerprint density at radius 3 is 2.76 bits per heavy atom. The molecule has 0 aromatic heterocycles. The summed E-state index contributed by atoms with van der Waals surface area (Å²) in [6, 6.07) is 7.81. The standard InChI is InChI=1S/C17H23NO3/c19-11-14-7-2-1-6-13(14)10-18-17(20)16-9-12-5-3-4-8-15(12)21-16/h3-5,8,13-14,16,19H,1-2,6-7,9-11H2,(H,18,20). The number of aliphatic hydroxyl groups is 1. The van der Waals surface area contributed by atoms with E-state index in [0.29, 0.717) is 24.8 Å². The van der Waals surface area contributed by atoms with Crippen molar-refractivity contribution in [3.63, 3.8) is 0 Å². The molecule has 1 aromatic rings. The van der Waals surface area contributed by atoms with Crippen LogP contribution in [0, 0.1) is 11.8 Å². The number of aliphatic hydroxyl groups excluding tert-OH is 1. The lowest BCUT2D eigenvalue weighted by molar-refractivity contribution is -0.127. The number of ether oxygens (including phenoxy) is 1. The summed E-state index contributed by atoms with van der Waals surface area (Å²) in [5, 5.41) is 12.4. The van der Waals surface area contributed by atoms with Crippen LogP contribution < -0.4 is 10.1 Å². The van der Waals surface area contributed by atoms with Crippen LogP contribution in [0.3, 0.4) is 0 Å². The number of hydrogen-bond acceptors (Lipinski definition) is 3. The maximum atomic E-state index is 12.3. The molecule has 2 N–H and O–H groups in total. The highest BCUT2D eigenvalue weighted by atomic mass is 16.5. The summed E-state index contributed by atoms with van der Waals surface area (Å²) in [5.41, 5.74) is 1.10. The third-order valence-corrected chi connectivity index (χ3v) is 4.78. The van der Waals surface area contributed by atoms with Gasteiger partial charge in [-0.05, 0) is 36.3 Å². The monoisotopic (exact) mass is 289 g/mol. The number of rotatable bonds is 4. The lowest BCUT2D eigenvalue weighted by atomic mass is 9.79. The maximum Gasteiger partial charge on any atom is 0.261 e. The van der Waals surface area contributed by atoms with Gasteiger partial charge in [-0.1, -0.05) is 31.0 Å². The van der Waals surface area contributed by atoms with Crippen molar-refractivity contribution in [1.82, 2.24) is 5.32 Å². The van der Waals surface area contributed by atoms with E-state index in [1.54, 1.807) is 0 Å². The number of carbonyl (C=O) groups excluding carboxylic acids is 1. The Morgan fingerprint density at radius 2 is 2.00 bits per heavy atom. The van der Waals surface area contributed by atoms with Crippen LogP contribution in [0.5, 0.6) is 5.75 Å². The number of nitrogens with one attached hydrogen (secondary N) is 1. The van der Waals surface area contributed by atoms with Crippen molar-refractivity contribution in [2.75, 3.05) is 13.2 Å². The Kier molecular flexibility index (Phi) is 4.44. The molecule has 1 aromatic carbocycles. The first-order valence-electron chi connectivity index (χ1n) is 7.91. The van der Waals surface area contributed by atoms with Crippen molar-refractivity contribution >= 4 is 5.91 Å². The molecule has 0 radical (unpaired) electrons. The topological polar surface area (TPSA) is 58.6 Å². The minimum Gasteiger partial charge on any atom is -0.480 e. The van der Waals surface area contributed by atoms with Gasteiger partial charge in [-0.15, -0.1) is 0 Å². The van der Waals surface area contributed by atoms with E-state index in [9.17, 15) is 9.90 Å². The first kappa shape index (κ1) is 14.4. The minimum absolute atomic E-state index is 0.0338. The highest BCUT2D eigenvalue weighted by Gasteiger charge is 2.30. The van der Waals surface area contributed by atoms with Gasteiger partial charge in [0.05, 0.1) is 0 Å². The van der Waals surface area contributed by atoms with Gasteiger partial charge in [0.15, 0.2) is 6.10 Å². The van der Waals surface area contributed by atoms with Crippen molar-refractivity contribution in [3.8, 4) is 5.75 Å². The number of para-hydroxylation sites is 1. The van der Waals surface area contributed by atoms with E-state index in [0.717, 1.165) is 24.2 Å². The summed E-state index contributed by atoms with van der Waals surface area (Å²) >= 11 is 0. The molecule has 0 bridgehead atoms. The van der Waals surface area contributed by atoms with Crippen molar-refractivity contribution in [2.24, 2.45) is 11.8 Å². The highest BCUT2D eigenvalue weighted by molar-refractivity contribution is 5.82. The van der Waals surface area contributed by atoms with Gasteiger partial charge in [0, 0.05) is 19.6 Å². The van der Waals surface area contributed by atoms with Gasteiger partial charge in [0.2, 0.25) is 0 Å².